The third kappa shape index (κ3) is 1.33. The van der Waals surface area contributed by atoms with Gasteiger partial charge < -0.3 is 5.32 Å². The van der Waals surface area contributed by atoms with Crippen LogP contribution in [-0.2, 0) is 0 Å². The van der Waals surface area contributed by atoms with Gasteiger partial charge in [-0.25, -0.2) is 0 Å². The lowest BCUT2D eigenvalue weighted by Crippen LogP contribution is -2.50. The van der Waals surface area contributed by atoms with Crippen LogP contribution < -0.4 is 5.32 Å². The molecule has 3 rings (SSSR count). The number of nitrogens with zero attached hydrogens (tertiary/aromatic N) is 1. The number of fused-ring (bicyclic) bond motifs is 1. The molecule has 2 heteroatoms. The van der Waals surface area contributed by atoms with E-state index in [1.165, 1.54) is 24.1 Å². The third-order valence-electron chi connectivity index (χ3n) is 3.38. The molecular weight excluding hydrogens is 184 g/mol. The fourth-order valence-corrected chi connectivity index (χ4v) is 2.42. The van der Waals surface area contributed by atoms with Crippen molar-refractivity contribution in [3.05, 3.63) is 42.2 Å². The maximum absolute atomic E-state index is 4.24. The monoisotopic (exact) mass is 198 g/mol. The van der Waals surface area contributed by atoms with Crippen molar-refractivity contribution in [3.63, 3.8) is 0 Å². The number of pyridine rings is 1. The van der Waals surface area contributed by atoms with Gasteiger partial charge in [-0.1, -0.05) is 18.7 Å². The molecule has 1 fully saturated rings. The molecule has 1 aliphatic carbocycles. The molecule has 15 heavy (non-hydrogen) atoms. The Balaban J connectivity index is 1.95. The van der Waals surface area contributed by atoms with Gasteiger partial charge in [0.2, 0.25) is 0 Å². The van der Waals surface area contributed by atoms with Crippen LogP contribution in [0.1, 0.15) is 17.5 Å². The van der Waals surface area contributed by atoms with Crippen molar-refractivity contribution in [2.24, 2.45) is 5.92 Å². The predicted octanol–water partition coefficient (Wildman–Crippen LogP) is 2.10. The largest absolute Gasteiger partial charge is 0.309 e. The second-order valence-corrected chi connectivity index (χ2v) is 4.25. The second kappa shape index (κ2) is 3.31. The van der Waals surface area contributed by atoms with Crippen molar-refractivity contribution >= 4 is 11.6 Å². The molecule has 1 aromatic heterocycles. The minimum atomic E-state index is 0.576. The Hall–Kier alpha value is -1.41. The van der Waals surface area contributed by atoms with Gasteiger partial charge in [-0.2, -0.15) is 0 Å². The summed E-state index contributed by atoms with van der Waals surface area (Å²) in [7, 11) is 0. The van der Waals surface area contributed by atoms with E-state index in [4.69, 9.17) is 0 Å². The van der Waals surface area contributed by atoms with Crippen LogP contribution in [0.5, 0.6) is 0 Å². The highest BCUT2D eigenvalue weighted by Crippen LogP contribution is 2.37. The highest BCUT2D eigenvalue weighted by atomic mass is 15.0. The normalized spacial score (nSPS) is 27.9. The summed E-state index contributed by atoms with van der Waals surface area (Å²) in [6.07, 6.45) is 9.20. The minimum absolute atomic E-state index is 0.576. The molecule has 2 unspecified atom stereocenters. The van der Waals surface area contributed by atoms with Crippen molar-refractivity contribution < 1.29 is 0 Å². The van der Waals surface area contributed by atoms with Crippen LogP contribution in [0.25, 0.3) is 11.6 Å². The standard InChI is InChI=1S/C13H14N2/c1-2-9-5-11(7-14-6-9)12-4-3-10-8-15-13(10)12/h2,4-7,10,13,15H,1,3,8H2. The van der Waals surface area contributed by atoms with Crippen LogP contribution in [0.15, 0.2) is 31.1 Å². The molecule has 0 bridgehead atoms. The number of aromatic nitrogens is 1. The lowest BCUT2D eigenvalue weighted by Gasteiger charge is -2.34. The molecule has 0 radical (unpaired) electrons. The summed E-state index contributed by atoms with van der Waals surface area (Å²) in [5.41, 5.74) is 3.76. The van der Waals surface area contributed by atoms with Crippen molar-refractivity contribution in [2.45, 2.75) is 12.5 Å². The summed E-state index contributed by atoms with van der Waals surface area (Å²) < 4.78 is 0. The van der Waals surface area contributed by atoms with Crippen molar-refractivity contribution in [1.29, 1.82) is 0 Å². The van der Waals surface area contributed by atoms with E-state index in [9.17, 15) is 0 Å². The van der Waals surface area contributed by atoms with Gasteiger partial charge in [0.25, 0.3) is 0 Å². The Morgan fingerprint density at radius 1 is 1.47 bits per heavy atom. The van der Waals surface area contributed by atoms with Crippen molar-refractivity contribution in [1.82, 2.24) is 10.3 Å². The van der Waals surface area contributed by atoms with Crippen LogP contribution in [0.4, 0.5) is 0 Å². The minimum Gasteiger partial charge on any atom is -0.309 e. The lowest BCUT2D eigenvalue weighted by atomic mass is 9.88. The second-order valence-electron chi connectivity index (χ2n) is 4.25. The van der Waals surface area contributed by atoms with Crippen molar-refractivity contribution in [3.8, 4) is 0 Å². The van der Waals surface area contributed by atoms with E-state index >= 15 is 0 Å². The molecule has 1 saturated heterocycles. The molecular formula is C13H14N2. The van der Waals surface area contributed by atoms with Gasteiger partial charge in [-0.15, -0.1) is 0 Å². The van der Waals surface area contributed by atoms with Gasteiger partial charge in [0.1, 0.15) is 0 Å². The molecule has 2 aliphatic rings. The smallest absolute Gasteiger partial charge is 0.0367 e. The topological polar surface area (TPSA) is 24.9 Å². The Bertz CT molecular complexity index is 434. The average molecular weight is 198 g/mol. The van der Waals surface area contributed by atoms with Crippen LogP contribution in [0.2, 0.25) is 0 Å². The highest BCUT2D eigenvalue weighted by molar-refractivity contribution is 5.74. The Morgan fingerprint density at radius 2 is 2.40 bits per heavy atom. The van der Waals surface area contributed by atoms with Gasteiger partial charge >= 0.3 is 0 Å². The molecule has 0 amide bonds. The van der Waals surface area contributed by atoms with Crippen molar-refractivity contribution in [2.75, 3.05) is 6.54 Å². The summed E-state index contributed by atoms with van der Waals surface area (Å²) in [5, 5.41) is 3.47. The molecule has 2 heterocycles. The van der Waals surface area contributed by atoms with Gasteiger partial charge in [-0.05, 0) is 35.1 Å². The van der Waals surface area contributed by atoms with E-state index in [-0.39, 0.29) is 0 Å². The SMILES string of the molecule is C=Cc1cncc(C2=CCC3CNC23)c1. The molecule has 0 saturated carbocycles. The quantitative estimate of drug-likeness (QED) is 0.787. The fraction of sp³-hybridized carbons (Fsp3) is 0.308. The summed E-state index contributed by atoms with van der Waals surface area (Å²) in [5.74, 6) is 0.826. The first-order chi connectivity index (χ1) is 7.38. The van der Waals surface area contributed by atoms with E-state index in [0.29, 0.717) is 6.04 Å². The van der Waals surface area contributed by atoms with E-state index in [1.54, 1.807) is 0 Å². The van der Waals surface area contributed by atoms with Crippen LogP contribution in [0, 0.1) is 5.92 Å². The lowest BCUT2D eigenvalue weighted by molar-refractivity contribution is 0.307. The zero-order valence-electron chi connectivity index (χ0n) is 8.61. The maximum atomic E-state index is 4.24. The van der Waals surface area contributed by atoms with Gasteiger partial charge in [-0.3, -0.25) is 4.98 Å². The number of nitrogens with one attached hydrogen (secondary N) is 1. The van der Waals surface area contributed by atoms with E-state index < -0.39 is 0 Å². The van der Waals surface area contributed by atoms with Gasteiger partial charge in [0.05, 0.1) is 0 Å². The van der Waals surface area contributed by atoms with Crippen LogP contribution in [0.3, 0.4) is 0 Å². The van der Waals surface area contributed by atoms with E-state index in [1.807, 2.05) is 18.5 Å². The molecule has 76 valence electrons. The zero-order valence-corrected chi connectivity index (χ0v) is 8.61. The Morgan fingerprint density at radius 3 is 3.07 bits per heavy atom. The first kappa shape index (κ1) is 8.86. The first-order valence-corrected chi connectivity index (χ1v) is 5.40. The molecule has 0 spiro atoms. The predicted molar refractivity (Wildman–Crippen MR) is 62.2 cm³/mol. The van der Waals surface area contributed by atoms with E-state index in [2.05, 4.69) is 29.0 Å². The number of hydrogen-bond donors (Lipinski definition) is 1. The number of rotatable bonds is 2. The molecule has 2 atom stereocenters. The average Bonchev–Trinajstić information content (AvgIpc) is 2.54. The highest BCUT2D eigenvalue weighted by Gasteiger charge is 2.37. The summed E-state index contributed by atoms with van der Waals surface area (Å²) in [6, 6.07) is 2.74. The van der Waals surface area contributed by atoms with Gasteiger partial charge in [0.15, 0.2) is 0 Å². The van der Waals surface area contributed by atoms with E-state index in [0.717, 1.165) is 11.5 Å². The Kier molecular flexibility index (Phi) is 1.96. The van der Waals surface area contributed by atoms with Crippen LogP contribution >= 0.6 is 0 Å². The zero-order chi connectivity index (χ0) is 10.3. The fourth-order valence-electron chi connectivity index (χ4n) is 2.42. The summed E-state index contributed by atoms with van der Waals surface area (Å²) >= 11 is 0. The van der Waals surface area contributed by atoms with Gasteiger partial charge in [0, 0.05) is 25.0 Å². The maximum Gasteiger partial charge on any atom is 0.0367 e. The third-order valence-corrected chi connectivity index (χ3v) is 3.38. The molecule has 1 aromatic rings. The van der Waals surface area contributed by atoms with Crippen LogP contribution in [-0.4, -0.2) is 17.6 Å². The first-order valence-electron chi connectivity index (χ1n) is 5.40. The Labute approximate surface area is 89.7 Å². The molecule has 2 nitrogen and oxygen atoms in total. The molecule has 1 aliphatic heterocycles. The molecule has 0 aromatic carbocycles. The number of hydrogen-bond acceptors (Lipinski definition) is 2. The summed E-state index contributed by atoms with van der Waals surface area (Å²) in [6.45, 7) is 4.94. The molecule has 1 N–H and O–H groups in total. The number of allylic oxidation sites excluding steroid dienone is 1. The summed E-state index contributed by atoms with van der Waals surface area (Å²) in [4.78, 5) is 4.24.